The number of hydrogen-bond donors (Lipinski definition) is 1. The fraction of sp³-hybridized carbons (Fsp3) is 0. The Labute approximate surface area is 145 Å². The zero-order valence-corrected chi connectivity index (χ0v) is 13.2. The van der Waals surface area contributed by atoms with Gasteiger partial charge >= 0.3 is 0 Å². The molecule has 1 N–H and O–H groups in total. The summed E-state index contributed by atoms with van der Waals surface area (Å²) in [7, 11) is 0. The molecule has 25 heavy (non-hydrogen) atoms. The number of ether oxygens (including phenoxy) is 1. The van der Waals surface area contributed by atoms with E-state index < -0.39 is 23.4 Å². The predicted molar refractivity (Wildman–Crippen MR) is 85.7 cm³/mol. The fourth-order valence-corrected chi connectivity index (χ4v) is 2.14. The van der Waals surface area contributed by atoms with Crippen molar-refractivity contribution >= 4 is 23.3 Å². The summed E-state index contributed by atoms with van der Waals surface area (Å²) in [6, 6.07) is 4.87. The largest absolute Gasteiger partial charge is 0.454 e. The molecule has 6 nitrogen and oxygen atoms in total. The van der Waals surface area contributed by atoms with Crippen LogP contribution in [-0.2, 0) is 0 Å². The summed E-state index contributed by atoms with van der Waals surface area (Å²) in [6.07, 6.45) is 5.01. The van der Waals surface area contributed by atoms with Gasteiger partial charge in [-0.1, -0.05) is 11.6 Å². The Morgan fingerprint density at radius 2 is 1.80 bits per heavy atom. The third-order valence-electron chi connectivity index (χ3n) is 2.95. The number of nitrogens with zero attached hydrogens (tertiary/aromatic N) is 3. The van der Waals surface area contributed by atoms with Crippen molar-refractivity contribution < 1.29 is 18.3 Å². The summed E-state index contributed by atoms with van der Waals surface area (Å²) in [5.41, 5.74) is 0.102. The van der Waals surface area contributed by atoms with Crippen LogP contribution in [0.3, 0.4) is 0 Å². The van der Waals surface area contributed by atoms with Gasteiger partial charge in [-0.2, -0.15) is 0 Å². The lowest BCUT2D eigenvalue weighted by atomic mass is 10.2. The van der Waals surface area contributed by atoms with Gasteiger partial charge < -0.3 is 10.1 Å². The molecule has 0 saturated carbocycles. The van der Waals surface area contributed by atoms with Gasteiger partial charge in [0.1, 0.15) is 17.9 Å². The molecule has 3 rings (SSSR count). The SMILES string of the molecule is O=C(Nc1ncc(F)cc1F)c1cc(Cl)cc(Oc2cncnc2)c1. The highest BCUT2D eigenvalue weighted by Crippen LogP contribution is 2.26. The number of aromatic nitrogens is 3. The summed E-state index contributed by atoms with van der Waals surface area (Å²) in [5.74, 6) is -2.31. The molecule has 0 fully saturated rings. The van der Waals surface area contributed by atoms with Gasteiger partial charge in [-0.25, -0.2) is 23.7 Å². The molecule has 0 spiro atoms. The monoisotopic (exact) mass is 362 g/mol. The van der Waals surface area contributed by atoms with Crippen LogP contribution in [-0.4, -0.2) is 20.9 Å². The van der Waals surface area contributed by atoms with Crippen LogP contribution in [0.5, 0.6) is 11.5 Å². The molecule has 1 aromatic carbocycles. The average molecular weight is 363 g/mol. The minimum absolute atomic E-state index is 0.102. The molecule has 3 aromatic rings. The molecule has 0 bridgehead atoms. The van der Waals surface area contributed by atoms with Crippen molar-refractivity contribution in [2.45, 2.75) is 0 Å². The molecular formula is C16H9ClF2N4O2. The molecule has 126 valence electrons. The quantitative estimate of drug-likeness (QED) is 0.762. The zero-order valence-electron chi connectivity index (χ0n) is 12.4. The number of carbonyl (C=O) groups excluding carboxylic acids is 1. The Hall–Kier alpha value is -3.13. The van der Waals surface area contributed by atoms with Crippen LogP contribution < -0.4 is 10.1 Å². The van der Waals surface area contributed by atoms with Crippen LogP contribution in [0.25, 0.3) is 0 Å². The van der Waals surface area contributed by atoms with Crippen molar-refractivity contribution in [3.8, 4) is 11.5 Å². The second-order valence-corrected chi connectivity index (χ2v) is 5.23. The second-order valence-electron chi connectivity index (χ2n) is 4.79. The maximum absolute atomic E-state index is 13.6. The number of hydrogen-bond acceptors (Lipinski definition) is 5. The first kappa shape index (κ1) is 16.7. The van der Waals surface area contributed by atoms with Crippen LogP contribution in [0.2, 0.25) is 5.02 Å². The maximum Gasteiger partial charge on any atom is 0.257 e. The molecule has 2 heterocycles. The molecule has 0 aliphatic carbocycles. The average Bonchev–Trinajstić information content (AvgIpc) is 2.57. The Morgan fingerprint density at radius 1 is 1.04 bits per heavy atom. The normalized spacial score (nSPS) is 10.4. The number of pyridine rings is 1. The summed E-state index contributed by atoms with van der Waals surface area (Å²) in [6.45, 7) is 0. The van der Waals surface area contributed by atoms with Crippen molar-refractivity contribution in [3.05, 3.63) is 71.4 Å². The van der Waals surface area contributed by atoms with E-state index in [0.29, 0.717) is 11.8 Å². The first-order valence-electron chi connectivity index (χ1n) is 6.87. The third-order valence-corrected chi connectivity index (χ3v) is 3.16. The van der Waals surface area contributed by atoms with Crippen molar-refractivity contribution in [2.24, 2.45) is 0 Å². The molecule has 0 aliphatic heterocycles. The van der Waals surface area contributed by atoms with E-state index in [1.54, 1.807) is 0 Å². The Bertz CT molecular complexity index is 925. The minimum Gasteiger partial charge on any atom is -0.454 e. The number of nitrogens with one attached hydrogen (secondary N) is 1. The van der Waals surface area contributed by atoms with Gasteiger partial charge in [0.2, 0.25) is 0 Å². The number of rotatable bonds is 4. The first-order valence-corrected chi connectivity index (χ1v) is 7.25. The number of carbonyl (C=O) groups is 1. The van der Waals surface area contributed by atoms with E-state index in [2.05, 4.69) is 20.3 Å². The minimum atomic E-state index is -0.992. The van der Waals surface area contributed by atoms with E-state index in [9.17, 15) is 13.6 Å². The molecule has 0 unspecified atom stereocenters. The van der Waals surface area contributed by atoms with E-state index in [-0.39, 0.29) is 16.3 Å². The second kappa shape index (κ2) is 7.18. The van der Waals surface area contributed by atoms with Gasteiger partial charge in [0.15, 0.2) is 17.4 Å². The predicted octanol–water partition coefficient (Wildman–Crippen LogP) is 3.85. The van der Waals surface area contributed by atoms with E-state index in [0.717, 1.165) is 6.20 Å². The van der Waals surface area contributed by atoms with E-state index >= 15 is 0 Å². The molecule has 0 atom stereocenters. The third kappa shape index (κ3) is 4.24. The van der Waals surface area contributed by atoms with Crippen LogP contribution in [0.15, 0.2) is 49.2 Å². The summed E-state index contributed by atoms with van der Waals surface area (Å²) < 4.78 is 32.0. The number of benzene rings is 1. The Morgan fingerprint density at radius 3 is 2.52 bits per heavy atom. The molecule has 0 aliphatic rings. The van der Waals surface area contributed by atoms with Gasteiger partial charge in [0, 0.05) is 16.7 Å². The molecule has 1 amide bonds. The van der Waals surface area contributed by atoms with Crippen LogP contribution >= 0.6 is 11.6 Å². The maximum atomic E-state index is 13.6. The molecule has 9 heteroatoms. The van der Waals surface area contributed by atoms with Gasteiger partial charge in [-0.3, -0.25) is 4.79 Å². The lowest BCUT2D eigenvalue weighted by Crippen LogP contribution is -2.14. The number of halogens is 3. The van der Waals surface area contributed by atoms with Crippen molar-refractivity contribution in [1.82, 2.24) is 15.0 Å². The highest BCUT2D eigenvalue weighted by atomic mass is 35.5. The van der Waals surface area contributed by atoms with Gasteiger partial charge in [-0.15, -0.1) is 0 Å². The van der Waals surface area contributed by atoms with E-state index in [4.69, 9.17) is 16.3 Å². The van der Waals surface area contributed by atoms with E-state index in [1.807, 2.05) is 0 Å². The number of anilines is 1. The van der Waals surface area contributed by atoms with Gasteiger partial charge in [0.05, 0.1) is 18.6 Å². The zero-order chi connectivity index (χ0) is 17.8. The highest BCUT2D eigenvalue weighted by molar-refractivity contribution is 6.31. The highest BCUT2D eigenvalue weighted by Gasteiger charge is 2.14. The first-order chi connectivity index (χ1) is 12.0. The van der Waals surface area contributed by atoms with Gasteiger partial charge in [-0.05, 0) is 18.2 Å². The number of amides is 1. The van der Waals surface area contributed by atoms with Crippen LogP contribution in [0.4, 0.5) is 14.6 Å². The fourth-order valence-electron chi connectivity index (χ4n) is 1.91. The summed E-state index contributed by atoms with van der Waals surface area (Å²) in [4.78, 5) is 23.4. The van der Waals surface area contributed by atoms with Crippen molar-refractivity contribution in [2.75, 3.05) is 5.32 Å². The topological polar surface area (TPSA) is 77.0 Å². The Kier molecular flexibility index (Phi) is 4.80. The van der Waals surface area contributed by atoms with Crippen LogP contribution in [0.1, 0.15) is 10.4 Å². The van der Waals surface area contributed by atoms with Gasteiger partial charge in [0.25, 0.3) is 5.91 Å². The smallest absolute Gasteiger partial charge is 0.257 e. The van der Waals surface area contributed by atoms with Crippen molar-refractivity contribution in [3.63, 3.8) is 0 Å². The molecule has 2 aromatic heterocycles. The molecule has 0 radical (unpaired) electrons. The summed E-state index contributed by atoms with van der Waals surface area (Å²) >= 11 is 5.98. The lowest BCUT2D eigenvalue weighted by molar-refractivity contribution is 0.102. The summed E-state index contributed by atoms with van der Waals surface area (Å²) in [5, 5.41) is 2.47. The lowest BCUT2D eigenvalue weighted by Gasteiger charge is -2.09. The molecule has 0 saturated heterocycles. The van der Waals surface area contributed by atoms with Crippen LogP contribution in [0, 0.1) is 11.6 Å². The molecular weight excluding hydrogens is 354 g/mol. The Balaban J connectivity index is 1.82. The standard InChI is InChI=1S/C16H9ClF2N4O2/c17-10-1-9(2-12(3-10)25-13-6-20-8-21-7-13)16(24)23-15-14(19)4-11(18)5-22-15/h1-8H,(H,22,23,24). The van der Waals surface area contributed by atoms with Crippen molar-refractivity contribution in [1.29, 1.82) is 0 Å². The van der Waals surface area contributed by atoms with E-state index in [1.165, 1.54) is 36.9 Å².